The number of carbonyl (C=O) groups is 2. The van der Waals surface area contributed by atoms with Crippen LogP contribution in [0.4, 0.5) is 5.69 Å². The van der Waals surface area contributed by atoms with Crippen molar-refractivity contribution in [1.29, 1.82) is 5.26 Å². The lowest BCUT2D eigenvalue weighted by Crippen LogP contribution is -2.14. The zero-order valence-electron chi connectivity index (χ0n) is 18.8. The third-order valence-corrected chi connectivity index (χ3v) is 7.14. The summed E-state index contributed by atoms with van der Waals surface area (Å²) in [5, 5.41) is 14.1. The van der Waals surface area contributed by atoms with Crippen molar-refractivity contribution in [1.82, 2.24) is 0 Å². The monoisotopic (exact) mass is 666 g/mol. The normalized spacial score (nSPS) is 11.1. The molecule has 4 aromatic carbocycles. The van der Waals surface area contributed by atoms with E-state index in [1.165, 1.54) is 6.08 Å². The van der Waals surface area contributed by atoms with E-state index >= 15 is 0 Å². The molecule has 0 fully saturated rings. The molecule has 0 atom stereocenters. The highest BCUT2D eigenvalue weighted by atomic mass is 79.9. The molecule has 0 saturated heterocycles. The standard InChI is InChI=1S/C28H17Br3N2O3/c1-16-11-23(30)26(24(31)12-16)33-27(34)19(15-32)13-17-9-10-25(22(29)14-17)36-28(35)21-8-4-6-18-5-2-3-7-20(18)21/h2-14H,1H3,(H,33,34)/b19-13+. The molecule has 4 rings (SSSR count). The summed E-state index contributed by atoms with van der Waals surface area (Å²) >= 11 is 10.3. The molecule has 0 heterocycles. The van der Waals surface area contributed by atoms with E-state index in [9.17, 15) is 14.9 Å². The quantitative estimate of drug-likeness (QED) is 0.101. The summed E-state index contributed by atoms with van der Waals surface area (Å²) in [6.07, 6.45) is 1.46. The van der Waals surface area contributed by atoms with E-state index in [-0.39, 0.29) is 5.57 Å². The maximum atomic E-state index is 12.9. The first-order valence-corrected chi connectivity index (χ1v) is 13.0. The van der Waals surface area contributed by atoms with Gasteiger partial charge in [0, 0.05) is 8.95 Å². The Morgan fingerprint density at radius 2 is 1.61 bits per heavy atom. The smallest absolute Gasteiger partial charge is 0.344 e. The van der Waals surface area contributed by atoms with Gasteiger partial charge in [0.25, 0.3) is 5.91 Å². The van der Waals surface area contributed by atoms with Crippen LogP contribution < -0.4 is 10.1 Å². The van der Waals surface area contributed by atoms with E-state index in [0.717, 1.165) is 16.3 Å². The molecule has 0 aliphatic heterocycles. The van der Waals surface area contributed by atoms with Crippen LogP contribution in [0.25, 0.3) is 16.8 Å². The number of anilines is 1. The van der Waals surface area contributed by atoms with E-state index in [2.05, 4.69) is 53.1 Å². The number of nitrogens with zero attached hydrogens (tertiary/aromatic N) is 1. The highest BCUT2D eigenvalue weighted by Crippen LogP contribution is 2.33. The summed E-state index contributed by atoms with van der Waals surface area (Å²) in [5.74, 6) is -0.715. The molecule has 0 radical (unpaired) electrons. The molecule has 5 nitrogen and oxygen atoms in total. The SMILES string of the molecule is Cc1cc(Br)c(NC(=O)/C(C#N)=C/c2ccc(OC(=O)c3cccc4ccccc34)c(Br)c2)c(Br)c1. The van der Waals surface area contributed by atoms with Gasteiger partial charge in [0.1, 0.15) is 17.4 Å². The number of hydrogen-bond acceptors (Lipinski definition) is 4. The highest BCUT2D eigenvalue weighted by Gasteiger charge is 2.16. The van der Waals surface area contributed by atoms with E-state index in [1.807, 2.05) is 61.5 Å². The van der Waals surface area contributed by atoms with Gasteiger partial charge in [0.15, 0.2) is 0 Å². The largest absolute Gasteiger partial charge is 0.422 e. The van der Waals surface area contributed by atoms with Gasteiger partial charge in [-0.1, -0.05) is 42.5 Å². The molecule has 0 aliphatic carbocycles. The Morgan fingerprint density at radius 1 is 0.917 bits per heavy atom. The fraction of sp³-hybridized carbons (Fsp3) is 0.0357. The van der Waals surface area contributed by atoms with Gasteiger partial charge in [-0.2, -0.15) is 5.26 Å². The van der Waals surface area contributed by atoms with Crippen molar-refractivity contribution in [2.24, 2.45) is 0 Å². The zero-order chi connectivity index (χ0) is 25.8. The first-order chi connectivity index (χ1) is 17.3. The lowest BCUT2D eigenvalue weighted by atomic mass is 10.0. The third-order valence-electron chi connectivity index (χ3n) is 5.27. The number of benzene rings is 4. The number of esters is 1. The molecule has 0 aliphatic rings. The lowest BCUT2D eigenvalue weighted by molar-refractivity contribution is -0.112. The summed E-state index contributed by atoms with van der Waals surface area (Å²) < 4.78 is 7.52. The fourth-order valence-electron chi connectivity index (χ4n) is 3.56. The number of carbonyl (C=O) groups excluding carboxylic acids is 2. The van der Waals surface area contributed by atoms with E-state index in [1.54, 1.807) is 24.3 Å². The Hall–Kier alpha value is -3.25. The summed E-state index contributed by atoms with van der Waals surface area (Å²) in [4.78, 5) is 25.6. The van der Waals surface area contributed by atoms with Gasteiger partial charge < -0.3 is 10.1 Å². The number of nitriles is 1. The van der Waals surface area contributed by atoms with Crippen LogP contribution in [0.5, 0.6) is 5.75 Å². The highest BCUT2D eigenvalue weighted by molar-refractivity contribution is 9.11. The van der Waals surface area contributed by atoms with Crippen LogP contribution in [0, 0.1) is 18.3 Å². The lowest BCUT2D eigenvalue weighted by Gasteiger charge is -2.11. The molecule has 1 amide bonds. The second-order valence-electron chi connectivity index (χ2n) is 7.83. The van der Waals surface area contributed by atoms with Gasteiger partial charge in [-0.05, 0) is 113 Å². The van der Waals surface area contributed by atoms with E-state index in [0.29, 0.717) is 36.0 Å². The van der Waals surface area contributed by atoms with E-state index in [4.69, 9.17) is 4.74 Å². The molecule has 1 N–H and O–H groups in total. The van der Waals surface area contributed by atoms with Gasteiger partial charge in [-0.3, -0.25) is 4.79 Å². The Bertz CT molecular complexity index is 1560. The second kappa shape index (κ2) is 11.2. The van der Waals surface area contributed by atoms with Crippen LogP contribution in [-0.4, -0.2) is 11.9 Å². The van der Waals surface area contributed by atoms with Crippen LogP contribution >= 0.6 is 47.8 Å². The molecule has 36 heavy (non-hydrogen) atoms. The number of amides is 1. The maximum Gasteiger partial charge on any atom is 0.344 e. The van der Waals surface area contributed by atoms with Crippen molar-refractivity contribution in [3.8, 4) is 11.8 Å². The van der Waals surface area contributed by atoms with Crippen molar-refractivity contribution < 1.29 is 14.3 Å². The Kier molecular flexibility index (Phi) is 8.04. The minimum absolute atomic E-state index is 0.0817. The summed E-state index contributed by atoms with van der Waals surface area (Å²) in [6, 6.07) is 23.7. The van der Waals surface area contributed by atoms with Crippen LogP contribution in [0.2, 0.25) is 0 Å². The van der Waals surface area contributed by atoms with Crippen LogP contribution in [0.15, 0.2) is 91.8 Å². The molecule has 178 valence electrons. The number of aryl methyl sites for hydroxylation is 1. The minimum Gasteiger partial charge on any atom is -0.422 e. The predicted octanol–water partition coefficient (Wildman–Crippen LogP) is 8.20. The van der Waals surface area contributed by atoms with Crippen molar-refractivity contribution >= 4 is 82.2 Å². The van der Waals surface area contributed by atoms with Crippen LogP contribution in [0.3, 0.4) is 0 Å². The van der Waals surface area contributed by atoms with E-state index < -0.39 is 11.9 Å². The van der Waals surface area contributed by atoms with Gasteiger partial charge in [-0.15, -0.1) is 0 Å². The molecule has 0 aromatic heterocycles. The Morgan fingerprint density at radius 3 is 2.31 bits per heavy atom. The number of rotatable bonds is 5. The molecular weight excluding hydrogens is 652 g/mol. The predicted molar refractivity (Wildman–Crippen MR) is 152 cm³/mol. The van der Waals surface area contributed by atoms with Crippen LogP contribution in [-0.2, 0) is 4.79 Å². The first-order valence-electron chi connectivity index (χ1n) is 10.6. The average Bonchev–Trinajstić information content (AvgIpc) is 2.85. The molecule has 0 spiro atoms. The van der Waals surface area contributed by atoms with Gasteiger partial charge in [0.2, 0.25) is 0 Å². The first kappa shape index (κ1) is 25.8. The number of nitrogens with one attached hydrogen (secondary N) is 1. The molecule has 0 saturated carbocycles. The molecule has 8 heteroatoms. The average molecular weight is 669 g/mol. The summed E-state index contributed by atoms with van der Waals surface area (Å²) in [6.45, 7) is 1.93. The molecule has 4 aromatic rings. The Labute approximate surface area is 233 Å². The Balaban J connectivity index is 1.54. The summed E-state index contributed by atoms with van der Waals surface area (Å²) in [7, 11) is 0. The molecule has 0 bridgehead atoms. The number of fused-ring (bicyclic) bond motifs is 1. The number of hydrogen-bond donors (Lipinski definition) is 1. The summed E-state index contributed by atoms with van der Waals surface area (Å²) in [5.41, 5.74) is 2.50. The van der Waals surface area contributed by atoms with Crippen molar-refractivity contribution in [3.05, 3.63) is 108 Å². The minimum atomic E-state index is -0.551. The molecule has 0 unspecified atom stereocenters. The van der Waals surface area contributed by atoms with Gasteiger partial charge in [0.05, 0.1) is 15.7 Å². The number of halogens is 3. The number of ether oxygens (including phenoxy) is 1. The van der Waals surface area contributed by atoms with Crippen molar-refractivity contribution in [2.45, 2.75) is 6.92 Å². The fourth-order valence-corrected chi connectivity index (χ4v) is 5.65. The van der Waals surface area contributed by atoms with Crippen LogP contribution in [0.1, 0.15) is 21.5 Å². The van der Waals surface area contributed by atoms with Gasteiger partial charge in [-0.25, -0.2) is 4.79 Å². The maximum absolute atomic E-state index is 12.9. The van der Waals surface area contributed by atoms with Gasteiger partial charge >= 0.3 is 5.97 Å². The zero-order valence-corrected chi connectivity index (χ0v) is 23.6. The molecular formula is C28H17Br3N2O3. The topological polar surface area (TPSA) is 79.2 Å². The van der Waals surface area contributed by atoms with Crippen molar-refractivity contribution in [3.63, 3.8) is 0 Å². The third kappa shape index (κ3) is 5.76. The second-order valence-corrected chi connectivity index (χ2v) is 10.4. The van der Waals surface area contributed by atoms with Crippen molar-refractivity contribution in [2.75, 3.05) is 5.32 Å².